The summed E-state index contributed by atoms with van der Waals surface area (Å²) in [5.41, 5.74) is 2.80. The van der Waals surface area contributed by atoms with Crippen molar-refractivity contribution >= 4 is 29.9 Å². The topological polar surface area (TPSA) is 20.2 Å². The number of hydrogen-bond acceptors (Lipinski definition) is 1. The van der Waals surface area contributed by atoms with Crippen LogP contribution in [0.15, 0.2) is 60.7 Å². The van der Waals surface area contributed by atoms with Gasteiger partial charge in [-0.2, -0.15) is 0 Å². The first-order valence-electron chi connectivity index (χ1n) is 6.76. The zero-order chi connectivity index (χ0) is 14.0. The summed E-state index contributed by atoms with van der Waals surface area (Å²) in [5, 5.41) is 14.3. The van der Waals surface area contributed by atoms with Gasteiger partial charge in [-0.25, -0.2) is 0 Å². The number of hydrogen-bond donors (Lipinski definition) is 1. The Kier molecular flexibility index (Phi) is 7.43. The normalized spacial score (nSPS) is 10.9. The van der Waals surface area contributed by atoms with E-state index >= 15 is 0 Å². The van der Waals surface area contributed by atoms with Gasteiger partial charge in [-0.05, 0) is 0 Å². The van der Waals surface area contributed by atoms with Crippen LogP contribution in [-0.4, -0.2) is 41.1 Å². The summed E-state index contributed by atoms with van der Waals surface area (Å²) < 4.78 is 0. The molecule has 0 amide bonds. The summed E-state index contributed by atoms with van der Waals surface area (Å²) in [5.74, 6) is 0. The van der Waals surface area contributed by atoms with Crippen LogP contribution in [-0.2, 0) is 10.6 Å². The van der Waals surface area contributed by atoms with Crippen LogP contribution in [0.2, 0.25) is 10.6 Å². The number of rotatable bonds is 8. The van der Waals surface area contributed by atoms with Gasteiger partial charge in [0.2, 0.25) is 0 Å². The van der Waals surface area contributed by atoms with Crippen molar-refractivity contribution in [3.8, 4) is 0 Å². The van der Waals surface area contributed by atoms with Gasteiger partial charge in [-0.1, -0.05) is 0 Å². The molecule has 0 aliphatic heterocycles. The van der Waals surface area contributed by atoms with E-state index in [9.17, 15) is 5.11 Å². The molecule has 0 unspecified atom stereocenters. The fourth-order valence-electron chi connectivity index (χ4n) is 1.82. The van der Waals surface area contributed by atoms with Crippen LogP contribution >= 0.6 is 0 Å². The van der Waals surface area contributed by atoms with Crippen molar-refractivity contribution < 1.29 is 5.11 Å². The monoisotopic (exact) mass is 400 g/mol. The van der Waals surface area contributed by atoms with Gasteiger partial charge in [0.05, 0.1) is 0 Å². The van der Waals surface area contributed by atoms with E-state index in [1.54, 1.807) is 0 Å². The molecule has 0 spiro atoms. The number of aliphatic hydroxyl groups is 1. The quantitative estimate of drug-likeness (QED) is 0.678. The average molecular weight is 398 g/mol. The molecule has 0 saturated heterocycles. The summed E-state index contributed by atoms with van der Waals surface area (Å²) in [6, 6.07) is 21.2. The van der Waals surface area contributed by atoms with E-state index in [-0.39, 0.29) is 6.10 Å². The van der Waals surface area contributed by atoms with Gasteiger partial charge >= 0.3 is 134 Å². The molecule has 0 radical (unpaired) electrons. The van der Waals surface area contributed by atoms with Gasteiger partial charge in [0, 0.05) is 0 Å². The third-order valence-electron chi connectivity index (χ3n) is 2.84. The third-order valence-corrected chi connectivity index (χ3v) is 7.70. The zero-order valence-electron chi connectivity index (χ0n) is 11.4. The Bertz CT molecular complexity index is 427. The van der Waals surface area contributed by atoms with Crippen LogP contribution in [0, 0.1) is 0 Å². The summed E-state index contributed by atoms with van der Waals surface area (Å²) in [6.45, 7) is 0. The molecule has 0 fully saturated rings. The average Bonchev–Trinajstić information content (AvgIpc) is 2.49. The minimum absolute atomic E-state index is 0.0950. The van der Waals surface area contributed by atoms with E-state index in [0.29, 0.717) is 29.9 Å². The van der Waals surface area contributed by atoms with Crippen molar-refractivity contribution in [2.75, 3.05) is 0 Å². The summed E-state index contributed by atoms with van der Waals surface area (Å²) in [4.78, 5) is 0. The third kappa shape index (κ3) is 6.26. The van der Waals surface area contributed by atoms with E-state index < -0.39 is 0 Å². The molecule has 2 aromatic carbocycles. The van der Waals surface area contributed by atoms with E-state index in [0.717, 1.165) is 21.3 Å². The number of benzene rings is 2. The van der Waals surface area contributed by atoms with Gasteiger partial charge in [0.15, 0.2) is 0 Å². The molecule has 2 aromatic rings. The molecule has 106 valence electrons. The molecule has 1 nitrogen and oxygen atoms in total. The van der Waals surface area contributed by atoms with E-state index in [2.05, 4.69) is 60.7 Å². The van der Waals surface area contributed by atoms with Gasteiger partial charge in [-0.3, -0.25) is 0 Å². The van der Waals surface area contributed by atoms with Gasteiger partial charge in [0.1, 0.15) is 0 Å². The van der Waals surface area contributed by atoms with Crippen molar-refractivity contribution in [2.45, 2.75) is 27.4 Å². The second kappa shape index (κ2) is 9.39. The maximum atomic E-state index is 10.0. The minimum atomic E-state index is -0.0950. The van der Waals surface area contributed by atoms with Gasteiger partial charge in [-0.15, -0.1) is 0 Å². The van der Waals surface area contributed by atoms with E-state index in [1.807, 2.05) is 0 Å². The van der Waals surface area contributed by atoms with Crippen molar-refractivity contribution in [2.24, 2.45) is 0 Å². The van der Waals surface area contributed by atoms with Crippen LogP contribution in [0.1, 0.15) is 11.1 Å². The fourth-order valence-corrected chi connectivity index (χ4v) is 6.51. The van der Waals surface area contributed by atoms with Gasteiger partial charge < -0.3 is 0 Å². The van der Waals surface area contributed by atoms with Crippen LogP contribution in [0.5, 0.6) is 0 Å². The van der Waals surface area contributed by atoms with Crippen LogP contribution in [0.3, 0.4) is 0 Å². The molecule has 0 bridgehead atoms. The Balaban J connectivity index is 1.58. The van der Waals surface area contributed by atoms with Crippen molar-refractivity contribution in [3.05, 3.63) is 71.8 Å². The Morgan fingerprint density at radius 2 is 1.10 bits per heavy atom. The van der Waals surface area contributed by atoms with E-state index in [1.165, 1.54) is 11.1 Å². The summed E-state index contributed by atoms with van der Waals surface area (Å²) in [7, 11) is 0. The molecule has 0 aliphatic carbocycles. The van der Waals surface area contributed by atoms with Crippen molar-refractivity contribution in [3.63, 3.8) is 0 Å². The molecule has 0 aromatic heterocycles. The molecular weight excluding hydrogens is 378 g/mol. The van der Waals surface area contributed by atoms with E-state index in [4.69, 9.17) is 0 Å². The SMILES string of the molecule is OC(C[Se]Cc1ccccc1)C[Se]Cc1ccccc1. The molecule has 0 heterocycles. The second-order valence-electron chi connectivity index (χ2n) is 4.66. The Labute approximate surface area is 134 Å². The first-order chi connectivity index (χ1) is 9.84. The molecular formula is C17H20OSe2. The first kappa shape index (κ1) is 15.8. The van der Waals surface area contributed by atoms with Gasteiger partial charge in [0.25, 0.3) is 0 Å². The molecule has 0 saturated carbocycles. The first-order valence-corrected chi connectivity index (χ1v) is 11.6. The molecule has 2 rings (SSSR count). The molecule has 3 heteroatoms. The summed E-state index contributed by atoms with van der Waals surface area (Å²) in [6.07, 6.45) is -0.0950. The van der Waals surface area contributed by atoms with Crippen molar-refractivity contribution in [1.82, 2.24) is 0 Å². The van der Waals surface area contributed by atoms with Crippen LogP contribution < -0.4 is 0 Å². The molecule has 1 N–H and O–H groups in total. The zero-order valence-corrected chi connectivity index (χ0v) is 14.9. The Morgan fingerprint density at radius 3 is 1.50 bits per heavy atom. The molecule has 0 atom stereocenters. The van der Waals surface area contributed by atoms with Crippen molar-refractivity contribution in [1.29, 1.82) is 0 Å². The standard InChI is InChI=1S/C17H20OSe2/c18-17(13-19-11-15-7-3-1-4-8-15)14-20-12-16-9-5-2-6-10-16/h1-10,17-18H,11-14H2. The summed E-state index contributed by atoms with van der Waals surface area (Å²) >= 11 is 1.03. The predicted molar refractivity (Wildman–Crippen MR) is 87.4 cm³/mol. The Morgan fingerprint density at radius 1 is 0.700 bits per heavy atom. The maximum absolute atomic E-state index is 10.0. The predicted octanol–water partition coefficient (Wildman–Crippen LogP) is 2.99. The fraction of sp³-hybridized carbons (Fsp3) is 0.294. The van der Waals surface area contributed by atoms with Crippen LogP contribution in [0.25, 0.3) is 0 Å². The number of aliphatic hydroxyl groups excluding tert-OH is 1. The molecule has 0 aliphatic rings. The Hall–Kier alpha value is -0.561. The second-order valence-corrected chi connectivity index (χ2v) is 8.98. The van der Waals surface area contributed by atoms with Crippen LogP contribution in [0.4, 0.5) is 0 Å². The molecule has 20 heavy (non-hydrogen) atoms.